The molecule has 0 saturated heterocycles. The third kappa shape index (κ3) is 4.32. The maximum Gasteiger partial charge on any atom is 0.189 e. The Morgan fingerprint density at radius 3 is 2.39 bits per heavy atom. The van der Waals surface area contributed by atoms with E-state index in [1.807, 2.05) is 22.7 Å². The second kappa shape index (κ2) is 9.28. The monoisotopic (exact) mass is 553 g/mol. The average molecular weight is 554 g/mol. The van der Waals surface area contributed by atoms with Gasteiger partial charge in [-0.1, -0.05) is 54.5 Å². The summed E-state index contributed by atoms with van der Waals surface area (Å²) < 4.78 is 7.51. The lowest BCUT2D eigenvalue weighted by Gasteiger charge is -2.49. The van der Waals surface area contributed by atoms with Crippen LogP contribution in [0.25, 0.3) is 23.1 Å². The van der Waals surface area contributed by atoms with Gasteiger partial charge in [-0.2, -0.15) is 9.61 Å². The zero-order valence-corrected chi connectivity index (χ0v) is 26.0. The molecule has 7 nitrogen and oxygen atoms in total. The predicted octanol–water partition coefficient (Wildman–Crippen LogP) is 5.61. The largest absolute Gasteiger partial charge is 0.496 e. The fraction of sp³-hybridized carbons (Fsp3) is 0.500. The van der Waals surface area contributed by atoms with E-state index < -0.39 is 0 Å². The molecule has 0 atom stereocenters. The molecule has 1 N–H and O–H groups in total. The molecule has 0 fully saturated rings. The van der Waals surface area contributed by atoms with Crippen LogP contribution in [0.3, 0.4) is 0 Å². The molecule has 4 heterocycles. The van der Waals surface area contributed by atoms with E-state index in [0.29, 0.717) is 11.6 Å². The number of hydrogen-bond acceptors (Lipinski definition) is 6. The Balaban J connectivity index is 1.65. The van der Waals surface area contributed by atoms with Gasteiger partial charge in [-0.25, -0.2) is 0 Å². The second-order valence-electron chi connectivity index (χ2n) is 14.2. The Hall–Kier alpha value is -3.45. The minimum atomic E-state index is -0.216. The fourth-order valence-corrected chi connectivity index (χ4v) is 6.88. The van der Waals surface area contributed by atoms with E-state index in [4.69, 9.17) is 9.84 Å². The van der Waals surface area contributed by atoms with Gasteiger partial charge in [0.2, 0.25) is 0 Å². The first-order valence-electron chi connectivity index (χ1n) is 14.8. The molecular weight excluding hydrogens is 510 g/mol. The van der Waals surface area contributed by atoms with Gasteiger partial charge in [0, 0.05) is 29.4 Å². The maximum absolute atomic E-state index is 9.80. The third-order valence-corrected chi connectivity index (χ3v) is 9.37. The third-order valence-electron chi connectivity index (χ3n) is 9.37. The van der Waals surface area contributed by atoms with Crippen LogP contribution in [-0.4, -0.2) is 45.1 Å². The molecule has 2 aliphatic rings. The standard InChI is InChI=1S/C34H43N5O2/c1-20-22(18-25-28-27(20)34(7,8)13-15-38(28)14-12-33(25,5)6)17-24-29(32(2,3)4)37-39-30(35-36-31(24)39)23-16-21(19-40)10-11-26(23)41-9/h10-11,16-18,40H,12-15,19H2,1-9H3/b24-17-. The fourth-order valence-electron chi connectivity index (χ4n) is 6.88. The van der Waals surface area contributed by atoms with Crippen molar-refractivity contribution in [1.29, 1.82) is 0 Å². The molecule has 0 saturated carbocycles. The zero-order valence-electron chi connectivity index (χ0n) is 26.0. The van der Waals surface area contributed by atoms with Crippen molar-refractivity contribution in [3.63, 3.8) is 0 Å². The van der Waals surface area contributed by atoms with Crippen LogP contribution < -0.4 is 14.9 Å². The number of aromatic nitrogens is 4. The number of ether oxygens (including phenoxy) is 1. The summed E-state index contributed by atoms with van der Waals surface area (Å²) in [5.74, 6) is 1.27. The first-order valence-corrected chi connectivity index (χ1v) is 14.8. The molecule has 0 aliphatic carbocycles. The van der Waals surface area contributed by atoms with Crippen molar-refractivity contribution < 1.29 is 9.84 Å². The molecule has 2 aliphatic heterocycles. The number of anilines is 1. The minimum absolute atomic E-state index is 0.0658. The normalized spacial score (nSPS) is 18.2. The summed E-state index contributed by atoms with van der Waals surface area (Å²) in [7, 11) is 1.64. The van der Waals surface area contributed by atoms with Crippen molar-refractivity contribution in [2.45, 2.75) is 91.1 Å². The molecule has 0 amide bonds. The molecule has 0 bridgehead atoms. The van der Waals surface area contributed by atoms with E-state index in [9.17, 15) is 5.11 Å². The van der Waals surface area contributed by atoms with Crippen molar-refractivity contribution in [2.75, 3.05) is 25.1 Å². The molecule has 0 spiro atoms. The number of fused-ring (bicyclic) bond motifs is 1. The van der Waals surface area contributed by atoms with Crippen LogP contribution in [0.5, 0.6) is 5.75 Å². The van der Waals surface area contributed by atoms with Crippen LogP contribution in [0, 0.1) is 6.92 Å². The molecule has 4 aromatic rings. The molecule has 2 aromatic heterocycles. The van der Waals surface area contributed by atoms with E-state index in [1.54, 1.807) is 7.11 Å². The highest BCUT2D eigenvalue weighted by molar-refractivity contribution is 5.76. The van der Waals surface area contributed by atoms with Gasteiger partial charge in [0.05, 0.1) is 25.0 Å². The molecule has 0 unspecified atom stereocenters. The van der Waals surface area contributed by atoms with Gasteiger partial charge in [0.1, 0.15) is 5.75 Å². The Labute approximate surface area is 243 Å². The van der Waals surface area contributed by atoms with E-state index >= 15 is 0 Å². The van der Waals surface area contributed by atoms with Gasteiger partial charge in [0.15, 0.2) is 11.5 Å². The lowest BCUT2D eigenvalue weighted by Crippen LogP contribution is -2.45. The topological polar surface area (TPSA) is 75.8 Å². The Morgan fingerprint density at radius 2 is 1.73 bits per heavy atom. The summed E-state index contributed by atoms with van der Waals surface area (Å²) in [4.78, 5) is 2.62. The van der Waals surface area contributed by atoms with Crippen molar-refractivity contribution in [1.82, 2.24) is 19.8 Å². The summed E-state index contributed by atoms with van der Waals surface area (Å²) in [5, 5.41) is 25.2. The number of nitrogens with zero attached hydrogens (tertiary/aromatic N) is 5. The van der Waals surface area contributed by atoms with Gasteiger partial charge >= 0.3 is 0 Å². The summed E-state index contributed by atoms with van der Waals surface area (Å²) in [6.45, 7) is 20.6. The van der Waals surface area contributed by atoms with Crippen molar-refractivity contribution in [2.24, 2.45) is 0 Å². The summed E-state index contributed by atoms with van der Waals surface area (Å²) in [6, 6.07) is 8.05. The van der Waals surface area contributed by atoms with Crippen molar-refractivity contribution in [3.8, 4) is 17.1 Å². The van der Waals surface area contributed by atoms with E-state index in [-0.39, 0.29) is 22.9 Å². The highest BCUT2D eigenvalue weighted by Gasteiger charge is 2.41. The van der Waals surface area contributed by atoms with Crippen LogP contribution >= 0.6 is 0 Å². The van der Waals surface area contributed by atoms with Crippen LogP contribution in [0.15, 0.2) is 24.3 Å². The molecule has 216 valence electrons. The van der Waals surface area contributed by atoms with Gasteiger partial charge in [-0.3, -0.25) is 0 Å². The van der Waals surface area contributed by atoms with E-state index in [2.05, 4.69) is 82.6 Å². The van der Waals surface area contributed by atoms with Gasteiger partial charge in [-0.05, 0) is 82.7 Å². The number of benzene rings is 2. The maximum atomic E-state index is 9.80. The number of methoxy groups -OCH3 is 1. The first kappa shape index (κ1) is 27.7. The molecule has 2 aromatic carbocycles. The van der Waals surface area contributed by atoms with E-state index in [1.165, 1.54) is 27.9 Å². The lowest BCUT2D eigenvalue weighted by molar-refractivity contribution is 0.281. The number of hydrogen-bond donors (Lipinski definition) is 1. The smallest absolute Gasteiger partial charge is 0.189 e. The lowest BCUT2D eigenvalue weighted by atomic mass is 9.67. The van der Waals surface area contributed by atoms with E-state index in [0.717, 1.165) is 53.6 Å². The van der Waals surface area contributed by atoms with Gasteiger partial charge in [-0.15, -0.1) is 10.2 Å². The SMILES string of the molecule is COc1ccc(CO)cc1-c1nnc2/c(=C\c3cc4c5c(c3C)C(C)(C)CCN5CCC4(C)C)c(C(C)(C)C)nn12. The Kier molecular flexibility index (Phi) is 6.27. The predicted molar refractivity (Wildman–Crippen MR) is 165 cm³/mol. The molecular formula is C34H43N5O2. The van der Waals surface area contributed by atoms with Crippen molar-refractivity contribution >= 4 is 17.4 Å². The van der Waals surface area contributed by atoms with Crippen LogP contribution in [0.2, 0.25) is 0 Å². The highest BCUT2D eigenvalue weighted by atomic mass is 16.5. The zero-order chi connectivity index (χ0) is 29.5. The highest BCUT2D eigenvalue weighted by Crippen LogP contribution is 2.51. The molecule has 7 heteroatoms. The summed E-state index contributed by atoms with van der Waals surface area (Å²) >= 11 is 0. The van der Waals surface area contributed by atoms with Gasteiger partial charge < -0.3 is 14.7 Å². The molecule has 41 heavy (non-hydrogen) atoms. The summed E-state index contributed by atoms with van der Waals surface area (Å²) in [6.07, 6.45) is 4.61. The van der Waals surface area contributed by atoms with Crippen LogP contribution in [-0.2, 0) is 22.9 Å². The second-order valence-corrected chi connectivity index (χ2v) is 14.2. The Morgan fingerprint density at radius 1 is 1.02 bits per heavy atom. The number of aliphatic hydroxyl groups excluding tert-OH is 1. The average Bonchev–Trinajstić information content (AvgIpc) is 3.48. The first-order chi connectivity index (χ1) is 19.3. The van der Waals surface area contributed by atoms with Crippen LogP contribution in [0.4, 0.5) is 5.69 Å². The number of rotatable bonds is 4. The quantitative estimate of drug-likeness (QED) is 0.354. The summed E-state index contributed by atoms with van der Waals surface area (Å²) in [5.41, 5.74) is 10.2. The van der Waals surface area contributed by atoms with Gasteiger partial charge in [0.25, 0.3) is 0 Å². The molecule has 6 rings (SSSR count). The number of aliphatic hydroxyl groups is 1. The van der Waals surface area contributed by atoms with Crippen LogP contribution in [0.1, 0.15) is 94.8 Å². The Bertz CT molecular complexity index is 1720. The molecule has 0 radical (unpaired) electrons. The van der Waals surface area contributed by atoms with Crippen molar-refractivity contribution in [3.05, 3.63) is 63.0 Å². The minimum Gasteiger partial charge on any atom is -0.496 e.